The van der Waals surface area contributed by atoms with E-state index in [0.717, 1.165) is 16.3 Å². The minimum Gasteiger partial charge on any atom is -0.365 e. The Morgan fingerprint density at radius 3 is 2.77 bits per heavy atom. The molecule has 0 saturated heterocycles. The zero-order chi connectivity index (χ0) is 21.7. The van der Waals surface area contributed by atoms with Crippen LogP contribution in [0.1, 0.15) is 23.7 Å². The van der Waals surface area contributed by atoms with E-state index in [1.54, 1.807) is 31.3 Å². The molecule has 1 amide bonds. The third kappa shape index (κ3) is 4.50. The molecule has 0 aliphatic heterocycles. The fourth-order valence-electron chi connectivity index (χ4n) is 2.79. The molecule has 154 valence electrons. The minimum absolute atomic E-state index is 0.0114. The van der Waals surface area contributed by atoms with E-state index in [1.165, 1.54) is 0 Å². The number of hydrogen-bond acceptors (Lipinski definition) is 8. The molecule has 1 atom stereocenters. The van der Waals surface area contributed by atoms with E-state index in [-0.39, 0.29) is 23.8 Å². The van der Waals surface area contributed by atoms with Crippen LogP contribution in [0.25, 0.3) is 11.3 Å². The zero-order valence-corrected chi connectivity index (χ0v) is 16.2. The maximum absolute atomic E-state index is 12.5. The number of H-pyrrole nitrogens is 1. The first-order valence-electron chi connectivity index (χ1n) is 9.11. The van der Waals surface area contributed by atoms with Crippen LogP contribution in [0.2, 0.25) is 0 Å². The number of benzene rings is 1. The summed E-state index contributed by atoms with van der Waals surface area (Å²) in [6.07, 6.45) is 2.52. The number of carbonyl (C=O) groups excluding carboxylic acids is 2. The van der Waals surface area contributed by atoms with Gasteiger partial charge in [-0.15, -0.1) is 0 Å². The van der Waals surface area contributed by atoms with Gasteiger partial charge in [0.2, 0.25) is 5.95 Å². The summed E-state index contributed by atoms with van der Waals surface area (Å²) in [6, 6.07) is 12.3. The highest BCUT2D eigenvalue weighted by atomic mass is 16.2. The molecule has 30 heavy (non-hydrogen) atoms. The number of primary amides is 1. The second-order valence-electron chi connectivity index (χ2n) is 6.56. The molecule has 0 fully saturated rings. The molecule has 0 radical (unpaired) electrons. The highest BCUT2D eigenvalue weighted by molar-refractivity contribution is 5.98. The van der Waals surface area contributed by atoms with Crippen LogP contribution in [0.15, 0.2) is 53.5 Å². The van der Waals surface area contributed by atoms with Crippen molar-refractivity contribution in [2.24, 2.45) is 11.6 Å². The van der Waals surface area contributed by atoms with Crippen molar-refractivity contribution in [3.63, 3.8) is 0 Å². The third-order valence-electron chi connectivity index (χ3n) is 4.40. The second kappa shape index (κ2) is 8.97. The van der Waals surface area contributed by atoms with Gasteiger partial charge in [-0.1, -0.05) is 18.2 Å². The summed E-state index contributed by atoms with van der Waals surface area (Å²) in [4.78, 5) is 46.1. The number of nitrogens with two attached hydrogens (primary N) is 2. The van der Waals surface area contributed by atoms with Crippen molar-refractivity contribution in [3.8, 4) is 11.3 Å². The molecular weight excluding hydrogens is 386 g/mol. The van der Waals surface area contributed by atoms with E-state index in [4.69, 9.17) is 11.6 Å². The highest BCUT2D eigenvalue weighted by Crippen LogP contribution is 2.24. The number of aromatic amines is 1. The number of carbonyl (C=O) groups is 2. The van der Waals surface area contributed by atoms with E-state index in [9.17, 15) is 14.4 Å². The van der Waals surface area contributed by atoms with Crippen LogP contribution in [0.4, 0.5) is 17.5 Å². The zero-order valence-electron chi connectivity index (χ0n) is 16.2. The summed E-state index contributed by atoms with van der Waals surface area (Å²) in [5.41, 5.74) is 6.45. The number of nitrogens with one attached hydrogen (secondary N) is 2. The molecule has 0 spiro atoms. The van der Waals surface area contributed by atoms with E-state index in [1.807, 2.05) is 24.3 Å². The molecule has 1 unspecified atom stereocenters. The lowest BCUT2D eigenvalue weighted by molar-refractivity contribution is -0.108. The lowest BCUT2D eigenvalue weighted by Gasteiger charge is -2.23. The molecule has 0 bridgehead atoms. The number of aromatic nitrogens is 3. The number of nitrogens with zero attached hydrogens (tertiary/aromatic N) is 3. The van der Waals surface area contributed by atoms with Gasteiger partial charge in [-0.3, -0.25) is 24.6 Å². The van der Waals surface area contributed by atoms with Crippen molar-refractivity contribution < 1.29 is 9.59 Å². The molecular formula is C20H21N7O3. The maximum atomic E-state index is 12.5. The van der Waals surface area contributed by atoms with Gasteiger partial charge in [0.05, 0.1) is 11.7 Å². The highest BCUT2D eigenvalue weighted by Gasteiger charge is 2.20. The van der Waals surface area contributed by atoms with Gasteiger partial charge in [-0.2, -0.15) is 4.98 Å². The van der Waals surface area contributed by atoms with E-state index in [2.05, 4.69) is 20.3 Å². The van der Waals surface area contributed by atoms with Gasteiger partial charge in [0.25, 0.3) is 11.5 Å². The first-order chi connectivity index (χ1) is 14.4. The first-order valence-corrected chi connectivity index (χ1v) is 9.11. The Labute approximate surface area is 171 Å². The molecule has 0 aliphatic carbocycles. The quantitative estimate of drug-likeness (QED) is 0.247. The Morgan fingerprint density at radius 1 is 1.30 bits per heavy atom. The van der Waals surface area contributed by atoms with E-state index < -0.39 is 17.5 Å². The van der Waals surface area contributed by atoms with E-state index >= 15 is 0 Å². The number of hydrogen-bond donors (Lipinski definition) is 4. The predicted molar refractivity (Wildman–Crippen MR) is 113 cm³/mol. The Balaban J connectivity index is 2.01. The number of anilines is 3. The third-order valence-corrected chi connectivity index (χ3v) is 4.40. The summed E-state index contributed by atoms with van der Waals surface area (Å²) >= 11 is 0. The smallest absolute Gasteiger partial charge is 0.267 e. The van der Waals surface area contributed by atoms with Gasteiger partial charge < -0.3 is 15.8 Å². The number of aldehydes is 1. The molecule has 6 N–H and O–H groups in total. The van der Waals surface area contributed by atoms with Gasteiger partial charge in [-0.25, -0.2) is 5.84 Å². The molecule has 10 heteroatoms. The summed E-state index contributed by atoms with van der Waals surface area (Å²) in [5.74, 6) is 4.97. The van der Waals surface area contributed by atoms with Gasteiger partial charge in [0.1, 0.15) is 11.8 Å². The van der Waals surface area contributed by atoms with Crippen LogP contribution in [-0.2, 0) is 4.79 Å². The van der Waals surface area contributed by atoms with Crippen LogP contribution < -0.4 is 27.5 Å². The lowest BCUT2D eigenvalue weighted by atomic mass is 10.1. The van der Waals surface area contributed by atoms with Crippen LogP contribution in [0.5, 0.6) is 0 Å². The van der Waals surface area contributed by atoms with Gasteiger partial charge in [0, 0.05) is 23.9 Å². The topological polar surface area (TPSA) is 160 Å². The lowest BCUT2D eigenvalue weighted by Crippen LogP contribution is -2.42. The fourth-order valence-corrected chi connectivity index (χ4v) is 2.79. The normalized spacial score (nSPS) is 11.5. The van der Waals surface area contributed by atoms with Gasteiger partial charge >= 0.3 is 0 Å². The van der Waals surface area contributed by atoms with Crippen molar-refractivity contribution in [2.75, 3.05) is 10.3 Å². The average molecular weight is 407 g/mol. The minimum atomic E-state index is -0.941. The Bertz CT molecular complexity index is 1110. The number of hydrazine groups is 1. The largest absolute Gasteiger partial charge is 0.365 e. The molecule has 1 aromatic carbocycles. The number of rotatable bonds is 8. The second-order valence-corrected chi connectivity index (χ2v) is 6.56. The fraction of sp³-hybridized carbons (Fsp3) is 0.150. The molecule has 0 saturated carbocycles. The predicted octanol–water partition coefficient (Wildman–Crippen LogP) is 1.33. The molecule has 2 heterocycles. The Hall–Kier alpha value is -4.05. The standard InChI is InChI=1S/C20H21N7O3/c1-12(8-10-28)27(22)20-25-18(16(17(21)29)19(30)26-20)24-14-6-4-5-13(11-14)15-7-2-3-9-23-15/h2-7,9-12H,8,22H2,1H3,(H2,21,29)(H2,24,25,26,30). The summed E-state index contributed by atoms with van der Waals surface area (Å²) in [5, 5.41) is 4.11. The summed E-state index contributed by atoms with van der Waals surface area (Å²) in [6.45, 7) is 1.69. The van der Waals surface area contributed by atoms with Gasteiger partial charge in [-0.05, 0) is 31.2 Å². The molecule has 3 aromatic rings. The van der Waals surface area contributed by atoms with E-state index in [0.29, 0.717) is 12.0 Å². The number of pyridine rings is 1. The van der Waals surface area contributed by atoms with Crippen molar-refractivity contribution >= 4 is 29.6 Å². The van der Waals surface area contributed by atoms with Crippen LogP contribution in [0.3, 0.4) is 0 Å². The van der Waals surface area contributed by atoms with Crippen molar-refractivity contribution in [1.82, 2.24) is 15.0 Å². The van der Waals surface area contributed by atoms with Crippen molar-refractivity contribution in [3.05, 3.63) is 64.6 Å². The van der Waals surface area contributed by atoms with Crippen LogP contribution in [-0.4, -0.2) is 33.2 Å². The Kier molecular flexibility index (Phi) is 6.18. The van der Waals surface area contributed by atoms with Crippen molar-refractivity contribution in [2.45, 2.75) is 19.4 Å². The first kappa shape index (κ1) is 20.7. The SMILES string of the molecule is CC(CC=O)N(N)c1nc(Nc2cccc(-c3ccccn3)c2)c(C(N)=O)c(=O)[nH]1. The number of amides is 1. The Morgan fingerprint density at radius 2 is 2.10 bits per heavy atom. The molecule has 2 aromatic heterocycles. The van der Waals surface area contributed by atoms with Gasteiger partial charge in [0.15, 0.2) is 5.82 Å². The molecule has 0 aliphatic rings. The molecule has 10 nitrogen and oxygen atoms in total. The van der Waals surface area contributed by atoms with Crippen LogP contribution >= 0.6 is 0 Å². The van der Waals surface area contributed by atoms with Crippen LogP contribution in [0, 0.1) is 0 Å². The van der Waals surface area contributed by atoms with Crippen molar-refractivity contribution in [1.29, 1.82) is 0 Å². The summed E-state index contributed by atoms with van der Waals surface area (Å²) < 4.78 is 0. The monoisotopic (exact) mass is 407 g/mol. The molecule has 3 rings (SSSR count). The maximum Gasteiger partial charge on any atom is 0.267 e. The summed E-state index contributed by atoms with van der Waals surface area (Å²) in [7, 11) is 0. The average Bonchev–Trinajstić information content (AvgIpc) is 2.73.